The summed E-state index contributed by atoms with van der Waals surface area (Å²) < 4.78 is 0. The van der Waals surface area contributed by atoms with Gasteiger partial charge in [-0.15, -0.1) is 0 Å². The molecule has 4 nitrogen and oxygen atoms in total. The molecule has 0 aliphatic heterocycles. The van der Waals surface area contributed by atoms with Gasteiger partial charge in [0.15, 0.2) is 0 Å². The molecule has 3 aromatic carbocycles. The molecule has 0 saturated heterocycles. The minimum atomic E-state index is -0.911. The molecule has 5 rings (SSSR count). The van der Waals surface area contributed by atoms with Gasteiger partial charge in [0, 0.05) is 21.4 Å². The third kappa shape index (κ3) is 8.68. The zero-order valence-corrected chi connectivity index (χ0v) is 31.3. The standard InChI is InChI=1S/C35H36ClNO3S.Pb.2H/c1-34(2,40)30-9-4-3-7-25(30)13-17-32(41-23-35(18-19-35)22-33(38)39)27-8-5-6-24(20-27)10-15-29-16-12-26-11-14-28(36)21-31(26)37-29;;;/h3-12,14-16,20-21,32,40H,13,17-19,22-23H2,1-2H3,(H,38,39);;;/b15-10+;;;/t32-;;;/m1.../s1. The second kappa shape index (κ2) is 14.1. The van der Waals surface area contributed by atoms with E-state index in [1.54, 1.807) is 0 Å². The number of aromatic nitrogens is 1. The molecule has 2 N–H and O–H groups in total. The normalized spacial score (nSPS) is 15.0. The second-order valence-corrected chi connectivity index (χ2v) is 13.3. The number of nitrogens with zero attached hydrogens (tertiary/aromatic N) is 1. The van der Waals surface area contributed by atoms with Crippen molar-refractivity contribution in [3.05, 3.63) is 112 Å². The first-order chi connectivity index (χ1) is 19.6. The van der Waals surface area contributed by atoms with E-state index < -0.39 is 11.6 Å². The zero-order valence-electron chi connectivity index (χ0n) is 24.2. The third-order valence-electron chi connectivity index (χ3n) is 7.83. The van der Waals surface area contributed by atoms with Gasteiger partial charge in [-0.25, -0.2) is 4.98 Å². The van der Waals surface area contributed by atoms with Crippen LogP contribution < -0.4 is 0 Å². The van der Waals surface area contributed by atoms with Crippen molar-refractivity contribution >= 4 is 79.7 Å². The van der Waals surface area contributed by atoms with Gasteiger partial charge in [-0.3, -0.25) is 4.79 Å². The monoisotopic (exact) mass is 795 g/mol. The van der Waals surface area contributed by atoms with Crippen LogP contribution in [0.1, 0.15) is 72.7 Å². The molecule has 1 atom stereocenters. The Labute approximate surface area is 277 Å². The molecule has 1 saturated carbocycles. The summed E-state index contributed by atoms with van der Waals surface area (Å²) in [5.74, 6) is 0.122. The van der Waals surface area contributed by atoms with Crippen molar-refractivity contribution in [2.45, 2.75) is 56.8 Å². The number of hydrogen-bond acceptors (Lipinski definition) is 4. The third-order valence-corrected chi connectivity index (χ3v) is 9.76. The Balaban J connectivity index is 0.00000405. The number of carboxylic acid groups (broad SMARTS) is 1. The summed E-state index contributed by atoms with van der Waals surface area (Å²) in [6.07, 6.45) is 8.02. The van der Waals surface area contributed by atoms with Gasteiger partial charge >= 0.3 is 33.3 Å². The molecule has 7 heteroatoms. The van der Waals surface area contributed by atoms with Gasteiger partial charge in [0.2, 0.25) is 0 Å². The average Bonchev–Trinajstić information content (AvgIpc) is 3.70. The number of aliphatic hydroxyl groups is 1. The Morgan fingerprint density at radius 3 is 2.55 bits per heavy atom. The fourth-order valence-corrected chi connectivity index (χ4v) is 7.09. The van der Waals surface area contributed by atoms with Crippen molar-refractivity contribution in [2.24, 2.45) is 5.41 Å². The van der Waals surface area contributed by atoms with E-state index in [1.165, 1.54) is 5.56 Å². The fourth-order valence-electron chi connectivity index (χ4n) is 5.36. The van der Waals surface area contributed by atoms with E-state index in [-0.39, 0.29) is 44.4 Å². The topological polar surface area (TPSA) is 70.4 Å². The van der Waals surface area contributed by atoms with Crippen LogP contribution in [0.15, 0.2) is 78.9 Å². The average molecular weight is 795 g/mol. The SMILES string of the molecule is CC(C)(O)c1ccccc1CC[C@@H](SCC1(CC(=O)O)CC1)c1cccc(/C=C/c2ccc3ccc(Cl)cc3n2)c1.[PbH2]. The Kier molecular flexibility index (Phi) is 10.9. The minimum absolute atomic E-state index is 0. The maximum atomic E-state index is 11.5. The molecule has 4 aromatic rings. The molecule has 218 valence electrons. The van der Waals surface area contributed by atoms with Gasteiger partial charge in [0.1, 0.15) is 0 Å². The van der Waals surface area contributed by atoms with Crippen LogP contribution in [0.2, 0.25) is 5.02 Å². The molecule has 1 aliphatic carbocycles. The number of fused-ring (bicyclic) bond motifs is 1. The van der Waals surface area contributed by atoms with Crippen LogP contribution in [0.5, 0.6) is 0 Å². The first-order valence-corrected chi connectivity index (χ1v) is 15.5. The van der Waals surface area contributed by atoms with Gasteiger partial charge in [-0.05, 0) is 91.5 Å². The number of aryl methyl sites for hydroxylation is 1. The molecular weight excluding hydrogens is 757 g/mol. The quantitative estimate of drug-likeness (QED) is 0.142. The summed E-state index contributed by atoms with van der Waals surface area (Å²) in [6.45, 7) is 3.66. The van der Waals surface area contributed by atoms with E-state index in [2.05, 4.69) is 42.5 Å². The molecule has 1 aromatic heterocycles. The Hall–Kier alpha value is -2.20. The molecule has 1 aliphatic rings. The summed E-state index contributed by atoms with van der Waals surface area (Å²) in [7, 11) is 0. The molecule has 42 heavy (non-hydrogen) atoms. The van der Waals surface area contributed by atoms with Crippen LogP contribution in [-0.4, -0.2) is 54.2 Å². The number of carboxylic acids is 1. The van der Waals surface area contributed by atoms with Crippen molar-refractivity contribution in [2.75, 3.05) is 5.75 Å². The number of benzene rings is 3. The number of pyridine rings is 1. The number of halogens is 1. The van der Waals surface area contributed by atoms with Crippen LogP contribution >= 0.6 is 23.4 Å². The van der Waals surface area contributed by atoms with Crippen LogP contribution in [0.3, 0.4) is 0 Å². The summed E-state index contributed by atoms with van der Waals surface area (Å²) in [6, 6.07) is 26.5. The van der Waals surface area contributed by atoms with E-state index in [0.717, 1.165) is 64.7 Å². The zero-order chi connectivity index (χ0) is 29.0. The molecule has 2 radical (unpaired) electrons. The van der Waals surface area contributed by atoms with Gasteiger partial charge in [0.25, 0.3) is 0 Å². The Morgan fingerprint density at radius 2 is 1.81 bits per heavy atom. The van der Waals surface area contributed by atoms with E-state index in [4.69, 9.17) is 16.6 Å². The van der Waals surface area contributed by atoms with E-state index >= 15 is 0 Å². The molecule has 1 fully saturated rings. The fraction of sp³-hybridized carbons (Fsp3) is 0.314. The number of aliphatic carboxylic acids is 1. The van der Waals surface area contributed by atoms with E-state index in [9.17, 15) is 15.0 Å². The number of hydrogen-bond donors (Lipinski definition) is 2. The van der Waals surface area contributed by atoms with Crippen molar-refractivity contribution in [1.29, 1.82) is 0 Å². The van der Waals surface area contributed by atoms with Crippen LogP contribution in [-0.2, 0) is 16.8 Å². The van der Waals surface area contributed by atoms with Gasteiger partial charge in [-0.2, -0.15) is 11.8 Å². The van der Waals surface area contributed by atoms with Crippen molar-refractivity contribution < 1.29 is 15.0 Å². The summed E-state index contributed by atoms with van der Waals surface area (Å²) >= 11 is 8.04. The Bertz CT molecular complexity index is 1580. The molecule has 0 bridgehead atoms. The maximum absolute atomic E-state index is 11.5. The Morgan fingerprint density at radius 1 is 1.05 bits per heavy atom. The van der Waals surface area contributed by atoms with Crippen LogP contribution in [0, 0.1) is 5.41 Å². The number of thioether (sulfide) groups is 1. The van der Waals surface area contributed by atoms with E-state index in [1.807, 2.05) is 74.1 Å². The van der Waals surface area contributed by atoms with Crippen molar-refractivity contribution in [3.63, 3.8) is 0 Å². The van der Waals surface area contributed by atoms with Gasteiger partial charge in [-0.1, -0.05) is 78.3 Å². The predicted octanol–water partition coefficient (Wildman–Crippen LogP) is 8.03. The molecule has 1 heterocycles. The van der Waals surface area contributed by atoms with Crippen LogP contribution in [0.4, 0.5) is 0 Å². The summed E-state index contributed by atoms with van der Waals surface area (Å²) in [5, 5.41) is 22.1. The summed E-state index contributed by atoms with van der Waals surface area (Å²) in [5.41, 5.74) is 5.15. The van der Waals surface area contributed by atoms with Gasteiger partial charge in [0.05, 0.1) is 23.2 Å². The molecule has 0 spiro atoms. The first kappa shape index (κ1) is 32.7. The summed E-state index contributed by atoms with van der Waals surface area (Å²) in [4.78, 5) is 16.2. The molecule has 0 unspecified atom stereocenters. The van der Waals surface area contributed by atoms with Gasteiger partial charge < -0.3 is 10.2 Å². The second-order valence-electron chi connectivity index (χ2n) is 11.7. The van der Waals surface area contributed by atoms with E-state index in [0.29, 0.717) is 5.02 Å². The van der Waals surface area contributed by atoms with Crippen LogP contribution in [0.25, 0.3) is 23.1 Å². The molecular formula is C35H38ClNO3PbS. The number of rotatable bonds is 12. The van der Waals surface area contributed by atoms with Crippen molar-refractivity contribution in [1.82, 2.24) is 4.98 Å². The number of carbonyl (C=O) groups is 1. The molecule has 0 amide bonds. The van der Waals surface area contributed by atoms with Crippen molar-refractivity contribution in [3.8, 4) is 0 Å². The predicted molar refractivity (Wildman–Crippen MR) is 180 cm³/mol. The first-order valence-electron chi connectivity index (χ1n) is 14.1.